The highest BCUT2D eigenvalue weighted by molar-refractivity contribution is 9.10. The normalized spacial score (nSPS) is 17.2. The van der Waals surface area contributed by atoms with Crippen LogP contribution in [0.1, 0.15) is 12.8 Å². The number of aromatic nitrogens is 2. The largest absolute Gasteiger partial charge is 0.474 e. The Morgan fingerprint density at radius 1 is 1.45 bits per heavy atom. The van der Waals surface area contributed by atoms with Gasteiger partial charge in [0.15, 0.2) is 17.0 Å². The maximum absolute atomic E-state index is 12.0. The zero-order chi connectivity index (χ0) is 15.8. The van der Waals surface area contributed by atoms with Gasteiger partial charge in [-0.15, -0.1) is 0 Å². The van der Waals surface area contributed by atoms with Gasteiger partial charge in [-0.3, -0.25) is 4.72 Å². The maximum Gasteiger partial charge on any atom is 0.233 e. The maximum atomic E-state index is 12.0. The van der Waals surface area contributed by atoms with Crippen molar-refractivity contribution in [3.05, 3.63) is 10.8 Å². The summed E-state index contributed by atoms with van der Waals surface area (Å²) in [6, 6.07) is 0. The number of nitrogens with one attached hydrogen (secondary N) is 2. The van der Waals surface area contributed by atoms with Crippen LogP contribution in [-0.2, 0) is 15.9 Å². The van der Waals surface area contributed by atoms with Gasteiger partial charge in [0.25, 0.3) is 0 Å². The Morgan fingerprint density at radius 2 is 2.23 bits per heavy atom. The van der Waals surface area contributed by atoms with Crippen molar-refractivity contribution in [1.29, 1.82) is 0 Å². The van der Waals surface area contributed by atoms with Gasteiger partial charge in [0, 0.05) is 19.8 Å². The van der Waals surface area contributed by atoms with Gasteiger partial charge in [-0.05, 0) is 34.7 Å². The molecule has 8 nitrogen and oxygen atoms in total. The minimum atomic E-state index is -1.46. The molecule has 1 aromatic heterocycles. The molecule has 2 rings (SSSR count). The van der Waals surface area contributed by atoms with E-state index in [1.807, 2.05) is 0 Å². The van der Waals surface area contributed by atoms with Gasteiger partial charge < -0.3 is 14.6 Å². The predicted octanol–water partition coefficient (Wildman–Crippen LogP) is 0.617. The molecule has 3 N–H and O–H groups in total. The molecule has 10 heteroatoms. The zero-order valence-corrected chi connectivity index (χ0v) is 14.4. The highest BCUT2D eigenvalue weighted by atomic mass is 79.9. The van der Waals surface area contributed by atoms with Crippen LogP contribution in [0, 0.1) is 5.92 Å². The topological polar surface area (TPSA) is 106 Å². The molecule has 0 saturated carbocycles. The first-order valence-corrected chi connectivity index (χ1v) is 8.89. The number of halogens is 1. The Bertz CT molecular complexity index is 502. The fourth-order valence-electron chi connectivity index (χ4n) is 1.94. The van der Waals surface area contributed by atoms with Crippen LogP contribution in [0.15, 0.2) is 10.8 Å². The fourth-order valence-corrected chi connectivity index (χ4v) is 3.27. The number of hydrogen-bond acceptors (Lipinski definition) is 6. The molecular weight excluding hydrogens is 376 g/mol. The molecule has 0 amide bonds. The fraction of sp³-hybridized carbons (Fsp3) is 0.667. The molecule has 0 aromatic carbocycles. The van der Waals surface area contributed by atoms with Gasteiger partial charge in [0.05, 0.1) is 6.61 Å². The molecule has 1 saturated heterocycles. The molecule has 1 aromatic rings. The summed E-state index contributed by atoms with van der Waals surface area (Å²) in [5.41, 5.74) is 0. The molecule has 1 aliphatic heterocycles. The van der Waals surface area contributed by atoms with Crippen molar-refractivity contribution in [2.24, 2.45) is 5.92 Å². The third-order valence-electron chi connectivity index (χ3n) is 3.12. The highest BCUT2D eigenvalue weighted by Gasteiger charge is 2.16. The second-order valence-corrected chi connectivity index (χ2v) is 6.51. The van der Waals surface area contributed by atoms with Crippen LogP contribution >= 0.6 is 15.9 Å². The lowest BCUT2D eigenvalue weighted by Gasteiger charge is -2.21. The average molecular weight is 395 g/mol. The van der Waals surface area contributed by atoms with Crippen molar-refractivity contribution in [3.63, 3.8) is 0 Å². The quantitative estimate of drug-likeness (QED) is 0.596. The van der Waals surface area contributed by atoms with E-state index in [-0.39, 0.29) is 19.1 Å². The summed E-state index contributed by atoms with van der Waals surface area (Å²) in [4.78, 5) is 7.96. The van der Waals surface area contributed by atoms with Crippen LogP contribution in [0.25, 0.3) is 0 Å². The van der Waals surface area contributed by atoms with Crippen molar-refractivity contribution in [2.75, 3.05) is 37.7 Å². The molecule has 1 aliphatic rings. The number of rotatable bonds is 8. The summed E-state index contributed by atoms with van der Waals surface area (Å²) in [5, 5.41) is 8.76. The molecule has 2 heterocycles. The Hall–Kier alpha value is -0.810. The SMILES string of the molecule is O=S(NCC1CCOCC1)Nc1ncnc(OCCO)c1Br. The van der Waals surface area contributed by atoms with Crippen molar-refractivity contribution in [3.8, 4) is 5.88 Å². The van der Waals surface area contributed by atoms with Crippen LogP contribution < -0.4 is 14.2 Å². The van der Waals surface area contributed by atoms with E-state index < -0.39 is 11.2 Å². The third-order valence-corrected chi connectivity index (χ3v) is 4.64. The summed E-state index contributed by atoms with van der Waals surface area (Å²) < 4.78 is 28.7. The minimum absolute atomic E-state index is 0.113. The first-order valence-electron chi connectivity index (χ1n) is 6.94. The number of hydrogen-bond donors (Lipinski definition) is 3. The molecule has 0 aliphatic carbocycles. The van der Waals surface area contributed by atoms with Gasteiger partial charge in [-0.1, -0.05) is 0 Å². The Morgan fingerprint density at radius 3 is 2.95 bits per heavy atom. The van der Waals surface area contributed by atoms with E-state index in [4.69, 9.17) is 14.6 Å². The predicted molar refractivity (Wildman–Crippen MR) is 85.6 cm³/mol. The van der Waals surface area contributed by atoms with Crippen LogP contribution in [0.3, 0.4) is 0 Å². The highest BCUT2D eigenvalue weighted by Crippen LogP contribution is 2.28. The monoisotopic (exact) mass is 394 g/mol. The Labute approximate surface area is 139 Å². The molecular formula is C12H19BrN4O4S. The first kappa shape index (κ1) is 17.5. The van der Waals surface area contributed by atoms with Gasteiger partial charge in [-0.25, -0.2) is 18.9 Å². The molecule has 22 heavy (non-hydrogen) atoms. The number of aliphatic hydroxyl groups is 1. The lowest BCUT2D eigenvalue weighted by Crippen LogP contribution is -2.32. The molecule has 1 atom stereocenters. The van der Waals surface area contributed by atoms with E-state index in [2.05, 4.69) is 35.3 Å². The standard InChI is InChI=1S/C12H19BrN4O4S/c13-10-11(14-8-15-12(10)21-6-3-18)17-22(19)16-7-9-1-4-20-5-2-9/h8-9,16,18H,1-7H2,(H,14,15,17). The van der Waals surface area contributed by atoms with Crippen LogP contribution in [0.2, 0.25) is 0 Å². The van der Waals surface area contributed by atoms with Crippen molar-refractivity contribution < 1.29 is 18.8 Å². The molecule has 1 unspecified atom stereocenters. The number of ether oxygens (including phenoxy) is 2. The summed E-state index contributed by atoms with van der Waals surface area (Å²) in [5.74, 6) is 1.12. The van der Waals surface area contributed by atoms with Crippen LogP contribution in [0.5, 0.6) is 5.88 Å². The van der Waals surface area contributed by atoms with E-state index in [1.54, 1.807) is 0 Å². The smallest absolute Gasteiger partial charge is 0.233 e. The summed E-state index contributed by atoms with van der Waals surface area (Å²) in [6.07, 6.45) is 3.25. The Kier molecular flexibility index (Phi) is 7.46. The second-order valence-electron chi connectivity index (χ2n) is 4.69. The van der Waals surface area contributed by atoms with Crippen molar-refractivity contribution in [1.82, 2.24) is 14.7 Å². The number of anilines is 1. The van der Waals surface area contributed by atoms with E-state index in [0.717, 1.165) is 26.1 Å². The van der Waals surface area contributed by atoms with Crippen molar-refractivity contribution >= 4 is 32.9 Å². The molecule has 0 spiro atoms. The first-order chi connectivity index (χ1) is 10.7. The molecule has 0 radical (unpaired) electrons. The zero-order valence-electron chi connectivity index (χ0n) is 12.0. The van der Waals surface area contributed by atoms with Gasteiger partial charge in [0.1, 0.15) is 17.4 Å². The van der Waals surface area contributed by atoms with Crippen LogP contribution in [0.4, 0.5) is 5.82 Å². The Balaban J connectivity index is 1.85. The molecule has 124 valence electrons. The van der Waals surface area contributed by atoms with Gasteiger partial charge in [-0.2, -0.15) is 0 Å². The van der Waals surface area contributed by atoms with E-state index >= 15 is 0 Å². The average Bonchev–Trinajstić information content (AvgIpc) is 2.55. The number of nitrogens with zero attached hydrogens (tertiary/aromatic N) is 2. The summed E-state index contributed by atoms with van der Waals surface area (Å²) in [7, 11) is 0. The van der Waals surface area contributed by atoms with Crippen LogP contribution in [-0.4, -0.2) is 52.3 Å². The molecule has 1 fully saturated rings. The minimum Gasteiger partial charge on any atom is -0.474 e. The third kappa shape index (κ3) is 5.43. The summed E-state index contributed by atoms with van der Waals surface area (Å²) >= 11 is 1.83. The van der Waals surface area contributed by atoms with E-state index in [1.165, 1.54) is 6.33 Å². The van der Waals surface area contributed by atoms with Gasteiger partial charge >= 0.3 is 0 Å². The van der Waals surface area contributed by atoms with Crippen molar-refractivity contribution in [2.45, 2.75) is 12.8 Å². The van der Waals surface area contributed by atoms with Gasteiger partial charge in [0.2, 0.25) is 5.88 Å². The number of aliphatic hydroxyl groups excluding tert-OH is 1. The van der Waals surface area contributed by atoms with E-state index in [9.17, 15) is 4.21 Å². The second kappa shape index (κ2) is 9.36. The van der Waals surface area contributed by atoms with E-state index in [0.29, 0.717) is 22.8 Å². The lowest BCUT2D eigenvalue weighted by molar-refractivity contribution is 0.0679. The summed E-state index contributed by atoms with van der Waals surface area (Å²) in [6.45, 7) is 2.18. The lowest BCUT2D eigenvalue weighted by atomic mass is 10.0. The molecule has 0 bridgehead atoms.